The number of hydrogen-bond donors (Lipinski definition) is 1. The number of thiophene rings is 1. The molecule has 2 aromatic heterocycles. The summed E-state index contributed by atoms with van der Waals surface area (Å²) in [6, 6.07) is 9.30. The summed E-state index contributed by atoms with van der Waals surface area (Å²) < 4.78 is 1.70. The first kappa shape index (κ1) is 12.5. The molecule has 0 unspecified atom stereocenters. The van der Waals surface area contributed by atoms with Crippen LogP contribution in [-0.2, 0) is 0 Å². The SMILES string of the molecule is Nc1cn(-c2ccc(Cl)c(Cl)c2)nc1-c1cccs1. The molecule has 96 valence electrons. The molecule has 0 bridgehead atoms. The van der Waals surface area contributed by atoms with Crippen LogP contribution in [0.4, 0.5) is 5.69 Å². The fraction of sp³-hybridized carbons (Fsp3) is 0. The van der Waals surface area contributed by atoms with Crippen molar-refractivity contribution >= 4 is 40.2 Å². The van der Waals surface area contributed by atoms with Crippen LogP contribution in [0.15, 0.2) is 41.9 Å². The third-order valence-electron chi connectivity index (χ3n) is 2.66. The Bertz CT molecular complexity index is 720. The first-order valence-corrected chi connectivity index (χ1v) is 7.13. The zero-order valence-corrected chi connectivity index (χ0v) is 12.0. The molecule has 3 rings (SSSR count). The second-order valence-corrected chi connectivity index (χ2v) is 5.72. The number of halogens is 2. The molecule has 0 atom stereocenters. The van der Waals surface area contributed by atoms with Crippen molar-refractivity contribution in [3.05, 3.63) is 52.0 Å². The van der Waals surface area contributed by atoms with Gasteiger partial charge in [0.25, 0.3) is 0 Å². The fourth-order valence-electron chi connectivity index (χ4n) is 1.75. The van der Waals surface area contributed by atoms with E-state index in [4.69, 9.17) is 28.9 Å². The van der Waals surface area contributed by atoms with Gasteiger partial charge in [0.1, 0.15) is 5.69 Å². The Labute approximate surface area is 124 Å². The second-order valence-electron chi connectivity index (χ2n) is 3.95. The molecule has 2 N–H and O–H groups in total. The number of hydrogen-bond acceptors (Lipinski definition) is 3. The molecule has 0 radical (unpaired) electrons. The molecule has 3 nitrogen and oxygen atoms in total. The Morgan fingerprint density at radius 2 is 2.00 bits per heavy atom. The molecule has 0 saturated carbocycles. The van der Waals surface area contributed by atoms with Crippen molar-refractivity contribution in [3.8, 4) is 16.3 Å². The van der Waals surface area contributed by atoms with Gasteiger partial charge in [0.2, 0.25) is 0 Å². The molecule has 1 aromatic carbocycles. The van der Waals surface area contributed by atoms with Gasteiger partial charge in [-0.1, -0.05) is 29.3 Å². The van der Waals surface area contributed by atoms with Crippen molar-refractivity contribution in [1.29, 1.82) is 0 Å². The zero-order chi connectivity index (χ0) is 13.4. The number of nitrogen functional groups attached to an aromatic ring is 1. The standard InChI is InChI=1S/C13H9Cl2N3S/c14-9-4-3-8(6-10(9)15)18-7-11(16)13(17-18)12-2-1-5-19-12/h1-7H,16H2. The Morgan fingerprint density at radius 3 is 2.68 bits per heavy atom. The largest absolute Gasteiger partial charge is 0.396 e. The molecule has 3 aromatic rings. The van der Waals surface area contributed by atoms with E-state index in [0.717, 1.165) is 16.3 Å². The van der Waals surface area contributed by atoms with Gasteiger partial charge in [-0.15, -0.1) is 11.3 Å². The lowest BCUT2D eigenvalue weighted by Gasteiger charge is -2.02. The van der Waals surface area contributed by atoms with Gasteiger partial charge in [0.05, 0.1) is 32.5 Å². The van der Waals surface area contributed by atoms with Crippen LogP contribution in [0, 0.1) is 0 Å². The van der Waals surface area contributed by atoms with Gasteiger partial charge in [0.15, 0.2) is 0 Å². The lowest BCUT2D eigenvalue weighted by atomic mass is 10.3. The third-order valence-corrected chi connectivity index (χ3v) is 4.28. The molecule has 2 heterocycles. The molecular weight excluding hydrogens is 301 g/mol. The van der Waals surface area contributed by atoms with Crippen molar-refractivity contribution in [2.75, 3.05) is 5.73 Å². The minimum absolute atomic E-state index is 0.492. The summed E-state index contributed by atoms with van der Waals surface area (Å²) in [7, 11) is 0. The predicted octanol–water partition coefficient (Wildman–Crippen LogP) is 4.49. The van der Waals surface area contributed by atoms with E-state index in [1.165, 1.54) is 0 Å². The fourth-order valence-corrected chi connectivity index (χ4v) is 2.78. The summed E-state index contributed by atoms with van der Waals surface area (Å²) in [4.78, 5) is 1.04. The highest BCUT2D eigenvalue weighted by Crippen LogP contribution is 2.30. The van der Waals surface area contributed by atoms with Crippen LogP contribution in [0.2, 0.25) is 10.0 Å². The summed E-state index contributed by atoms with van der Waals surface area (Å²) in [5.41, 5.74) is 8.24. The molecule has 0 aliphatic heterocycles. The van der Waals surface area contributed by atoms with Crippen molar-refractivity contribution < 1.29 is 0 Å². The molecule has 0 aliphatic rings. The Morgan fingerprint density at radius 1 is 1.16 bits per heavy atom. The van der Waals surface area contributed by atoms with E-state index >= 15 is 0 Å². The summed E-state index contributed by atoms with van der Waals surface area (Å²) in [5, 5.41) is 7.50. The van der Waals surface area contributed by atoms with Crippen LogP contribution >= 0.6 is 34.5 Å². The number of aromatic nitrogens is 2. The van der Waals surface area contributed by atoms with Crippen molar-refractivity contribution in [1.82, 2.24) is 9.78 Å². The lowest BCUT2D eigenvalue weighted by Crippen LogP contribution is -1.94. The lowest BCUT2D eigenvalue weighted by molar-refractivity contribution is 0.885. The maximum Gasteiger partial charge on any atom is 0.126 e. The molecule has 0 aliphatic carbocycles. The second kappa shape index (κ2) is 4.89. The quantitative estimate of drug-likeness (QED) is 0.758. The van der Waals surface area contributed by atoms with Gasteiger partial charge < -0.3 is 5.73 Å². The van der Waals surface area contributed by atoms with Crippen LogP contribution < -0.4 is 5.73 Å². The van der Waals surface area contributed by atoms with E-state index in [2.05, 4.69) is 5.10 Å². The first-order chi connectivity index (χ1) is 9.15. The average molecular weight is 310 g/mol. The van der Waals surface area contributed by atoms with E-state index in [0.29, 0.717) is 15.7 Å². The van der Waals surface area contributed by atoms with Gasteiger partial charge in [-0.25, -0.2) is 4.68 Å². The zero-order valence-electron chi connectivity index (χ0n) is 9.68. The average Bonchev–Trinajstić information content (AvgIpc) is 3.01. The highest BCUT2D eigenvalue weighted by atomic mass is 35.5. The van der Waals surface area contributed by atoms with Crippen LogP contribution in [0.25, 0.3) is 16.3 Å². The molecule has 0 saturated heterocycles. The molecule has 6 heteroatoms. The molecule has 19 heavy (non-hydrogen) atoms. The maximum absolute atomic E-state index is 6.01. The molecule has 0 fully saturated rings. The van der Waals surface area contributed by atoms with Gasteiger partial charge in [-0.3, -0.25) is 0 Å². The first-order valence-electron chi connectivity index (χ1n) is 5.49. The molecule has 0 amide bonds. The van der Waals surface area contributed by atoms with Crippen LogP contribution in [0.3, 0.4) is 0 Å². The van der Waals surface area contributed by atoms with Gasteiger partial charge in [-0.05, 0) is 29.6 Å². The van der Waals surface area contributed by atoms with E-state index in [1.807, 2.05) is 23.6 Å². The Balaban J connectivity index is 2.07. The van der Waals surface area contributed by atoms with Crippen LogP contribution in [-0.4, -0.2) is 9.78 Å². The third kappa shape index (κ3) is 2.34. The van der Waals surface area contributed by atoms with E-state index in [1.54, 1.807) is 34.3 Å². The minimum atomic E-state index is 0.492. The van der Waals surface area contributed by atoms with Crippen LogP contribution in [0.1, 0.15) is 0 Å². The summed E-state index contributed by atoms with van der Waals surface area (Å²) in [6.45, 7) is 0. The maximum atomic E-state index is 6.01. The predicted molar refractivity (Wildman–Crippen MR) is 81.3 cm³/mol. The van der Waals surface area contributed by atoms with Gasteiger partial charge in [0, 0.05) is 0 Å². The number of rotatable bonds is 2. The van der Waals surface area contributed by atoms with E-state index in [9.17, 15) is 0 Å². The highest BCUT2D eigenvalue weighted by Gasteiger charge is 2.11. The summed E-state index contributed by atoms with van der Waals surface area (Å²) >= 11 is 13.5. The Kier molecular flexibility index (Phi) is 3.22. The molecule has 0 spiro atoms. The molecular formula is C13H9Cl2N3S. The van der Waals surface area contributed by atoms with Gasteiger partial charge >= 0.3 is 0 Å². The van der Waals surface area contributed by atoms with Crippen molar-refractivity contribution in [2.45, 2.75) is 0 Å². The minimum Gasteiger partial charge on any atom is -0.396 e. The van der Waals surface area contributed by atoms with Crippen molar-refractivity contribution in [2.24, 2.45) is 0 Å². The number of anilines is 1. The smallest absolute Gasteiger partial charge is 0.126 e. The van der Waals surface area contributed by atoms with E-state index < -0.39 is 0 Å². The van der Waals surface area contributed by atoms with Gasteiger partial charge in [-0.2, -0.15) is 5.10 Å². The Hall–Kier alpha value is -1.49. The number of benzene rings is 1. The number of nitrogens with two attached hydrogens (primary N) is 1. The summed E-state index contributed by atoms with van der Waals surface area (Å²) in [5.74, 6) is 0. The number of nitrogens with zero attached hydrogens (tertiary/aromatic N) is 2. The summed E-state index contributed by atoms with van der Waals surface area (Å²) in [6.07, 6.45) is 1.77. The van der Waals surface area contributed by atoms with E-state index in [-0.39, 0.29) is 0 Å². The normalized spacial score (nSPS) is 10.8. The van der Waals surface area contributed by atoms with Crippen molar-refractivity contribution in [3.63, 3.8) is 0 Å². The highest BCUT2D eigenvalue weighted by molar-refractivity contribution is 7.13. The monoisotopic (exact) mass is 309 g/mol. The van der Waals surface area contributed by atoms with Crippen LogP contribution in [0.5, 0.6) is 0 Å². The topological polar surface area (TPSA) is 43.8 Å².